The third-order valence-corrected chi connectivity index (χ3v) is 5.65. The van der Waals surface area contributed by atoms with Gasteiger partial charge in [0.1, 0.15) is 0 Å². The van der Waals surface area contributed by atoms with E-state index in [0.717, 1.165) is 40.7 Å². The van der Waals surface area contributed by atoms with Crippen molar-refractivity contribution in [1.82, 2.24) is 0 Å². The van der Waals surface area contributed by atoms with Gasteiger partial charge in [-0.1, -0.05) is 53.7 Å². The van der Waals surface area contributed by atoms with Crippen LogP contribution in [0.15, 0.2) is 47.5 Å². The van der Waals surface area contributed by atoms with E-state index >= 15 is 0 Å². The molecular formula is C21H25BrN2OS. The zero-order valence-corrected chi connectivity index (χ0v) is 18.0. The van der Waals surface area contributed by atoms with E-state index in [0.29, 0.717) is 6.54 Å². The first-order valence-electron chi connectivity index (χ1n) is 8.67. The molecule has 0 aliphatic carbocycles. The smallest absolute Gasteiger partial charge is 0.182 e. The van der Waals surface area contributed by atoms with Gasteiger partial charge < -0.3 is 4.90 Å². The van der Waals surface area contributed by atoms with Gasteiger partial charge in [0, 0.05) is 23.5 Å². The number of aliphatic imine (C=N–C) groups is 1. The molecule has 138 valence electrons. The fraction of sp³-hybridized carbons (Fsp3) is 0.333. The Morgan fingerprint density at radius 3 is 2.50 bits per heavy atom. The van der Waals surface area contributed by atoms with E-state index in [1.807, 2.05) is 31.2 Å². The van der Waals surface area contributed by atoms with Crippen molar-refractivity contribution in [2.45, 2.75) is 27.2 Å². The van der Waals surface area contributed by atoms with E-state index in [4.69, 9.17) is 4.99 Å². The summed E-state index contributed by atoms with van der Waals surface area (Å²) < 4.78 is 0. The summed E-state index contributed by atoms with van der Waals surface area (Å²) >= 11 is 1.74. The molecule has 0 amide bonds. The molecule has 5 heteroatoms. The molecule has 0 saturated heterocycles. The van der Waals surface area contributed by atoms with Crippen LogP contribution in [0.4, 0.5) is 5.69 Å². The van der Waals surface area contributed by atoms with Gasteiger partial charge >= 0.3 is 0 Å². The second-order valence-electron chi connectivity index (χ2n) is 6.46. The number of thioether (sulfide) groups is 1. The lowest BCUT2D eigenvalue weighted by Crippen LogP contribution is -2.36. The van der Waals surface area contributed by atoms with Crippen molar-refractivity contribution in [3.8, 4) is 0 Å². The highest BCUT2D eigenvalue weighted by Gasteiger charge is 2.22. The Balaban J connectivity index is 0.00000243. The highest BCUT2D eigenvalue weighted by atomic mass is 79.9. The van der Waals surface area contributed by atoms with E-state index in [2.05, 4.69) is 36.9 Å². The topological polar surface area (TPSA) is 32.7 Å². The Kier molecular flexibility index (Phi) is 7.47. The number of Topliss-reactive ketones (excluding diaryl/α,β-unsaturated/α-hetero) is 1. The average Bonchev–Trinajstić information content (AvgIpc) is 2.63. The zero-order chi connectivity index (χ0) is 17.8. The lowest BCUT2D eigenvalue weighted by molar-refractivity contribution is 0.100. The summed E-state index contributed by atoms with van der Waals surface area (Å²) in [5, 5.41) is 0.959. The van der Waals surface area contributed by atoms with Crippen LogP contribution in [0.3, 0.4) is 0 Å². The molecule has 0 bridgehead atoms. The molecule has 0 unspecified atom stereocenters. The summed E-state index contributed by atoms with van der Waals surface area (Å²) in [6.07, 6.45) is 1.10. The van der Waals surface area contributed by atoms with Gasteiger partial charge in [0.25, 0.3) is 0 Å². The molecule has 1 aliphatic rings. The Labute approximate surface area is 170 Å². The first kappa shape index (κ1) is 20.7. The Bertz CT molecular complexity index is 802. The van der Waals surface area contributed by atoms with Gasteiger partial charge in [-0.2, -0.15) is 0 Å². The van der Waals surface area contributed by atoms with Crippen molar-refractivity contribution in [2.24, 2.45) is 4.99 Å². The maximum atomic E-state index is 12.9. The van der Waals surface area contributed by atoms with Crippen molar-refractivity contribution in [3.63, 3.8) is 0 Å². The summed E-state index contributed by atoms with van der Waals surface area (Å²) in [5.74, 6) is 1.17. The number of halogens is 1. The largest absolute Gasteiger partial charge is 0.313 e. The first-order valence-corrected chi connectivity index (χ1v) is 9.65. The van der Waals surface area contributed by atoms with Crippen LogP contribution in [0.25, 0.3) is 0 Å². The lowest BCUT2D eigenvalue weighted by atomic mass is 10.1. The summed E-state index contributed by atoms with van der Waals surface area (Å²) in [6.45, 7) is 7.41. The van der Waals surface area contributed by atoms with Crippen LogP contribution in [-0.2, 0) is 0 Å². The molecule has 26 heavy (non-hydrogen) atoms. The van der Waals surface area contributed by atoms with E-state index in [1.165, 1.54) is 11.1 Å². The van der Waals surface area contributed by atoms with Crippen molar-refractivity contribution in [1.29, 1.82) is 0 Å². The second kappa shape index (κ2) is 9.38. The minimum Gasteiger partial charge on any atom is -0.313 e. The predicted octanol–water partition coefficient (Wildman–Crippen LogP) is 5.37. The monoisotopic (exact) mass is 432 g/mol. The van der Waals surface area contributed by atoms with Gasteiger partial charge in [-0.05, 0) is 44.4 Å². The number of hydrogen-bond acceptors (Lipinski definition) is 4. The number of ketones is 1. The van der Waals surface area contributed by atoms with Gasteiger partial charge in [0.15, 0.2) is 11.0 Å². The maximum absolute atomic E-state index is 12.9. The minimum absolute atomic E-state index is 0. The van der Waals surface area contributed by atoms with Gasteiger partial charge in [-0.3, -0.25) is 9.79 Å². The average molecular weight is 433 g/mol. The van der Waals surface area contributed by atoms with Gasteiger partial charge in [0.05, 0.1) is 6.54 Å². The van der Waals surface area contributed by atoms with E-state index in [1.54, 1.807) is 11.8 Å². The molecule has 0 N–H and O–H groups in total. The Hall–Kier alpha value is -1.59. The van der Waals surface area contributed by atoms with Crippen molar-refractivity contribution in [3.05, 3.63) is 64.7 Å². The predicted molar refractivity (Wildman–Crippen MR) is 118 cm³/mol. The van der Waals surface area contributed by atoms with Crippen LogP contribution < -0.4 is 4.90 Å². The van der Waals surface area contributed by atoms with Crippen LogP contribution in [0.2, 0.25) is 0 Å². The quantitative estimate of drug-likeness (QED) is 0.608. The van der Waals surface area contributed by atoms with Crippen LogP contribution in [-0.4, -0.2) is 29.8 Å². The molecule has 2 aromatic carbocycles. The molecule has 0 aromatic heterocycles. The van der Waals surface area contributed by atoms with Crippen molar-refractivity contribution < 1.29 is 4.79 Å². The molecule has 3 nitrogen and oxygen atoms in total. The minimum atomic E-state index is 0. The highest BCUT2D eigenvalue weighted by molar-refractivity contribution is 8.93. The lowest BCUT2D eigenvalue weighted by Gasteiger charge is -2.29. The van der Waals surface area contributed by atoms with Crippen LogP contribution in [0.5, 0.6) is 0 Å². The van der Waals surface area contributed by atoms with Gasteiger partial charge in [-0.15, -0.1) is 17.0 Å². The third-order valence-electron chi connectivity index (χ3n) is 4.55. The molecule has 1 heterocycles. The molecule has 0 fully saturated rings. The second-order valence-corrected chi connectivity index (χ2v) is 7.52. The summed E-state index contributed by atoms with van der Waals surface area (Å²) in [7, 11) is 0. The van der Waals surface area contributed by atoms with E-state index < -0.39 is 0 Å². The first-order chi connectivity index (χ1) is 12.1. The molecule has 0 saturated carbocycles. The highest BCUT2D eigenvalue weighted by Crippen LogP contribution is 2.28. The zero-order valence-electron chi connectivity index (χ0n) is 15.5. The molecule has 1 aliphatic heterocycles. The van der Waals surface area contributed by atoms with E-state index in [-0.39, 0.29) is 22.8 Å². The normalized spacial score (nSPS) is 13.6. The van der Waals surface area contributed by atoms with Crippen LogP contribution >= 0.6 is 28.7 Å². The standard InChI is InChI=1S/C21H24N2OS.BrH/c1-15-8-10-18(11-9-15)20(24)14-23(21-22-12-5-13-25-21)19-7-4-6-16(2)17(19)3;/h4,6-11H,5,12-14H2,1-3H3;1H. The summed E-state index contributed by atoms with van der Waals surface area (Å²) in [4.78, 5) is 19.7. The number of rotatable bonds is 4. The van der Waals surface area contributed by atoms with E-state index in [9.17, 15) is 4.79 Å². The third kappa shape index (κ3) is 4.77. The number of benzene rings is 2. The molecule has 0 spiro atoms. The molecule has 0 atom stereocenters. The number of anilines is 1. The summed E-state index contributed by atoms with van der Waals surface area (Å²) in [6, 6.07) is 14.0. The molecule has 0 radical (unpaired) electrons. The van der Waals surface area contributed by atoms with Crippen molar-refractivity contribution >= 4 is 45.4 Å². The molecule has 2 aromatic rings. The number of aryl methyl sites for hydroxylation is 2. The number of amidine groups is 1. The number of carbonyl (C=O) groups excluding carboxylic acids is 1. The summed E-state index contributed by atoms with van der Waals surface area (Å²) in [5.41, 5.74) is 5.42. The molecular weight excluding hydrogens is 408 g/mol. The fourth-order valence-corrected chi connectivity index (χ4v) is 3.83. The van der Waals surface area contributed by atoms with Gasteiger partial charge in [0.2, 0.25) is 0 Å². The Morgan fingerprint density at radius 2 is 1.85 bits per heavy atom. The SMILES string of the molecule is Br.Cc1ccc(C(=O)CN(C2=NCCCS2)c2cccc(C)c2C)cc1. The number of carbonyl (C=O) groups is 1. The van der Waals surface area contributed by atoms with Crippen molar-refractivity contribution in [2.75, 3.05) is 23.7 Å². The number of nitrogens with zero attached hydrogens (tertiary/aromatic N) is 2. The fourth-order valence-electron chi connectivity index (χ4n) is 2.87. The van der Waals surface area contributed by atoms with Gasteiger partial charge in [-0.25, -0.2) is 0 Å². The van der Waals surface area contributed by atoms with Crippen LogP contribution in [0.1, 0.15) is 33.5 Å². The molecule has 3 rings (SSSR count). The maximum Gasteiger partial charge on any atom is 0.182 e. The van der Waals surface area contributed by atoms with Crippen LogP contribution in [0, 0.1) is 20.8 Å². The Morgan fingerprint density at radius 1 is 1.12 bits per heavy atom. The number of hydrogen-bond donors (Lipinski definition) is 0.